The van der Waals surface area contributed by atoms with Crippen molar-refractivity contribution in [1.82, 2.24) is 9.97 Å². The van der Waals surface area contributed by atoms with Gasteiger partial charge in [0.2, 0.25) is 5.91 Å². The molecule has 1 saturated heterocycles. The highest BCUT2D eigenvalue weighted by Crippen LogP contribution is 2.31. The molecule has 1 atom stereocenters. The van der Waals surface area contributed by atoms with Crippen LogP contribution in [0.4, 0.5) is 23.0 Å². The van der Waals surface area contributed by atoms with Crippen molar-refractivity contribution in [3.8, 4) is 11.5 Å². The highest BCUT2D eigenvalue weighted by atomic mass is 32.2. The van der Waals surface area contributed by atoms with Crippen LogP contribution in [0.5, 0.6) is 11.5 Å². The third-order valence-electron chi connectivity index (χ3n) is 6.28. The third kappa shape index (κ3) is 6.41. The van der Waals surface area contributed by atoms with Crippen LogP contribution in [0.2, 0.25) is 0 Å². The number of sulfonamides is 1. The van der Waals surface area contributed by atoms with Gasteiger partial charge >= 0.3 is 0 Å². The molecule has 4 aromatic rings. The number of para-hydroxylation sites is 2. The molecule has 0 aliphatic carbocycles. The first kappa shape index (κ1) is 27.2. The van der Waals surface area contributed by atoms with Crippen LogP contribution < -0.4 is 24.8 Å². The number of ether oxygens (including phenoxy) is 3. The Kier molecular flexibility index (Phi) is 7.99. The zero-order chi connectivity index (χ0) is 28.1. The monoisotopic (exact) mass is 563 g/mol. The average Bonchev–Trinajstić information content (AvgIpc) is 3.46. The second-order valence-corrected chi connectivity index (χ2v) is 10.8. The number of nitrogens with zero attached hydrogens (tertiary/aromatic N) is 2. The number of anilines is 4. The fourth-order valence-electron chi connectivity index (χ4n) is 4.33. The lowest BCUT2D eigenvalue weighted by atomic mass is 10.2. The van der Waals surface area contributed by atoms with Gasteiger partial charge in [0.05, 0.1) is 42.7 Å². The van der Waals surface area contributed by atoms with Gasteiger partial charge in [-0.2, -0.15) is 0 Å². The summed E-state index contributed by atoms with van der Waals surface area (Å²) >= 11 is 0. The minimum absolute atomic E-state index is 0.00620. The Morgan fingerprint density at radius 3 is 2.27 bits per heavy atom. The molecule has 1 aliphatic heterocycles. The topological polar surface area (TPSA) is 141 Å². The van der Waals surface area contributed by atoms with Gasteiger partial charge in [-0.3, -0.25) is 9.52 Å². The van der Waals surface area contributed by atoms with Crippen molar-refractivity contribution >= 4 is 50.0 Å². The molecule has 40 heavy (non-hydrogen) atoms. The minimum atomic E-state index is -4.12. The molecule has 5 rings (SSSR count). The second-order valence-electron chi connectivity index (χ2n) is 9.16. The number of methoxy groups -OCH3 is 2. The van der Waals surface area contributed by atoms with Crippen LogP contribution in [-0.2, 0) is 19.6 Å². The molecule has 1 unspecified atom stereocenters. The molecular formula is C28H29N5O6S. The van der Waals surface area contributed by atoms with Crippen molar-refractivity contribution in [3.63, 3.8) is 0 Å². The van der Waals surface area contributed by atoms with Crippen molar-refractivity contribution in [3.05, 3.63) is 66.7 Å². The fraction of sp³-hybridized carbons (Fsp3) is 0.250. The van der Waals surface area contributed by atoms with Crippen LogP contribution in [0, 0.1) is 0 Å². The van der Waals surface area contributed by atoms with Crippen LogP contribution in [0.25, 0.3) is 11.0 Å². The molecule has 0 bridgehead atoms. The predicted molar refractivity (Wildman–Crippen MR) is 152 cm³/mol. The van der Waals surface area contributed by atoms with E-state index in [1.54, 1.807) is 48.5 Å². The summed E-state index contributed by atoms with van der Waals surface area (Å²) in [7, 11) is -1.05. The summed E-state index contributed by atoms with van der Waals surface area (Å²) in [6, 6.07) is 18.3. The van der Waals surface area contributed by atoms with Gasteiger partial charge in [-0.25, -0.2) is 18.4 Å². The highest BCUT2D eigenvalue weighted by molar-refractivity contribution is 7.92. The average molecular weight is 564 g/mol. The molecule has 1 amide bonds. The van der Waals surface area contributed by atoms with E-state index in [1.807, 2.05) is 6.07 Å². The normalized spacial score (nSPS) is 15.0. The maximum atomic E-state index is 13.5. The molecular weight excluding hydrogens is 534 g/mol. The van der Waals surface area contributed by atoms with Gasteiger partial charge in [0.15, 0.2) is 11.6 Å². The molecule has 3 N–H and O–H groups in total. The molecule has 0 radical (unpaired) electrons. The first-order valence-electron chi connectivity index (χ1n) is 12.6. The van der Waals surface area contributed by atoms with E-state index in [2.05, 4.69) is 25.3 Å². The highest BCUT2D eigenvalue weighted by Gasteiger charge is 2.22. The van der Waals surface area contributed by atoms with E-state index in [4.69, 9.17) is 14.2 Å². The zero-order valence-electron chi connectivity index (χ0n) is 22.0. The molecule has 1 aliphatic rings. The van der Waals surface area contributed by atoms with Gasteiger partial charge in [-0.05, 0) is 43.2 Å². The van der Waals surface area contributed by atoms with Crippen LogP contribution in [0.1, 0.15) is 19.3 Å². The molecule has 2 heterocycles. The van der Waals surface area contributed by atoms with E-state index < -0.39 is 10.0 Å². The number of rotatable bonds is 10. The molecule has 0 saturated carbocycles. The van der Waals surface area contributed by atoms with Crippen molar-refractivity contribution in [1.29, 1.82) is 0 Å². The van der Waals surface area contributed by atoms with Crippen LogP contribution in [-0.4, -0.2) is 51.2 Å². The maximum Gasteiger partial charge on any atom is 0.263 e. The van der Waals surface area contributed by atoms with Crippen LogP contribution in [0.3, 0.4) is 0 Å². The van der Waals surface area contributed by atoms with Crippen molar-refractivity contribution in [2.45, 2.75) is 30.3 Å². The van der Waals surface area contributed by atoms with E-state index in [-0.39, 0.29) is 35.0 Å². The Balaban J connectivity index is 1.43. The van der Waals surface area contributed by atoms with Crippen LogP contribution in [0.15, 0.2) is 71.6 Å². The summed E-state index contributed by atoms with van der Waals surface area (Å²) in [6.07, 6.45) is 1.86. The molecule has 208 valence electrons. The Labute approximate surface area is 231 Å². The van der Waals surface area contributed by atoms with Crippen molar-refractivity contribution in [2.24, 2.45) is 0 Å². The first-order chi connectivity index (χ1) is 19.3. The van der Waals surface area contributed by atoms with E-state index in [9.17, 15) is 13.2 Å². The molecule has 1 aromatic heterocycles. The Bertz CT molecular complexity index is 1620. The molecule has 3 aromatic carbocycles. The fourth-order valence-corrected chi connectivity index (χ4v) is 5.38. The van der Waals surface area contributed by atoms with E-state index in [0.717, 1.165) is 12.8 Å². The lowest BCUT2D eigenvalue weighted by Gasteiger charge is -2.15. The predicted octanol–water partition coefficient (Wildman–Crippen LogP) is 4.70. The number of amides is 1. The quantitative estimate of drug-likeness (QED) is 0.250. The molecule has 11 nitrogen and oxygen atoms in total. The first-order valence-corrected chi connectivity index (χ1v) is 14.1. The second kappa shape index (κ2) is 11.8. The van der Waals surface area contributed by atoms with E-state index in [1.165, 1.54) is 26.4 Å². The van der Waals surface area contributed by atoms with Gasteiger partial charge < -0.3 is 24.8 Å². The number of nitrogens with one attached hydrogen (secondary N) is 3. The number of hydrogen-bond donors (Lipinski definition) is 3. The van der Waals surface area contributed by atoms with Crippen LogP contribution >= 0.6 is 0 Å². The number of hydrogen-bond acceptors (Lipinski definition) is 9. The molecule has 0 spiro atoms. The summed E-state index contributed by atoms with van der Waals surface area (Å²) < 4.78 is 45.7. The van der Waals surface area contributed by atoms with Gasteiger partial charge in [0.25, 0.3) is 10.0 Å². The third-order valence-corrected chi connectivity index (χ3v) is 7.62. The molecule has 1 fully saturated rings. The summed E-state index contributed by atoms with van der Waals surface area (Å²) in [5, 5.41) is 5.89. The maximum absolute atomic E-state index is 13.5. The van der Waals surface area contributed by atoms with Gasteiger partial charge in [0, 0.05) is 36.2 Å². The SMILES string of the molecule is COc1cc(Nc2nc3ccccc3nc2NS(=O)(=O)c2cccc(NC(=O)CC3CCCO3)c2)cc(OC)c1. The van der Waals surface area contributed by atoms with Gasteiger partial charge in [-0.1, -0.05) is 18.2 Å². The minimum Gasteiger partial charge on any atom is -0.497 e. The number of benzene rings is 3. The summed E-state index contributed by atoms with van der Waals surface area (Å²) in [4.78, 5) is 21.6. The number of carbonyl (C=O) groups is 1. The summed E-state index contributed by atoms with van der Waals surface area (Å²) in [5.41, 5.74) is 1.98. The Hall–Kier alpha value is -4.42. The number of fused-ring (bicyclic) bond motifs is 1. The largest absolute Gasteiger partial charge is 0.497 e. The summed E-state index contributed by atoms with van der Waals surface area (Å²) in [5.74, 6) is 1.01. The lowest BCUT2D eigenvalue weighted by Crippen LogP contribution is -2.20. The number of aromatic nitrogens is 2. The Morgan fingerprint density at radius 2 is 1.62 bits per heavy atom. The summed E-state index contributed by atoms with van der Waals surface area (Å²) in [6.45, 7) is 0.650. The van der Waals surface area contributed by atoms with Gasteiger partial charge in [-0.15, -0.1) is 0 Å². The number of carbonyl (C=O) groups excluding carboxylic acids is 1. The smallest absolute Gasteiger partial charge is 0.263 e. The zero-order valence-corrected chi connectivity index (χ0v) is 22.8. The lowest BCUT2D eigenvalue weighted by molar-refractivity contribution is -0.118. The van der Waals surface area contributed by atoms with Gasteiger partial charge in [0.1, 0.15) is 11.5 Å². The molecule has 12 heteroatoms. The van der Waals surface area contributed by atoms with E-state index in [0.29, 0.717) is 40.5 Å². The Morgan fingerprint density at radius 1 is 0.925 bits per heavy atom. The van der Waals surface area contributed by atoms with Crippen molar-refractivity contribution in [2.75, 3.05) is 36.2 Å². The standard InChI is InChI=1S/C28H29N5O6S/c1-37-21-13-19(14-22(16-21)38-2)30-27-28(32-25-11-4-3-10-24(25)31-27)33-40(35,36)23-9-5-7-18(15-23)29-26(34)17-20-8-6-12-39-20/h3-5,7,9-11,13-16,20H,6,8,12,17H2,1-2H3,(H,29,34)(H,30,31)(H,32,33). The van der Waals surface area contributed by atoms with Crippen molar-refractivity contribution < 1.29 is 27.4 Å². The van der Waals surface area contributed by atoms with E-state index >= 15 is 0 Å².